The average molecular weight is 272 g/mol. The first kappa shape index (κ1) is 14.3. The van der Waals surface area contributed by atoms with E-state index < -0.39 is 0 Å². The SMILES string of the molecule is Cc1ccc(C(=O)COc2ccc(C)c(F)c2)c(C)c1. The van der Waals surface area contributed by atoms with Gasteiger partial charge in [0.2, 0.25) is 0 Å². The van der Waals surface area contributed by atoms with Crippen LogP contribution in [-0.4, -0.2) is 12.4 Å². The number of halogens is 1. The van der Waals surface area contributed by atoms with E-state index >= 15 is 0 Å². The molecule has 0 radical (unpaired) electrons. The van der Waals surface area contributed by atoms with Crippen LogP contribution in [0.2, 0.25) is 0 Å². The lowest BCUT2D eigenvalue weighted by atomic mass is 10.0. The molecule has 104 valence electrons. The van der Waals surface area contributed by atoms with Gasteiger partial charge < -0.3 is 4.74 Å². The summed E-state index contributed by atoms with van der Waals surface area (Å²) in [5, 5.41) is 0. The normalized spacial score (nSPS) is 10.4. The largest absolute Gasteiger partial charge is 0.485 e. The molecule has 20 heavy (non-hydrogen) atoms. The first-order valence-electron chi connectivity index (χ1n) is 6.47. The molecule has 0 saturated carbocycles. The summed E-state index contributed by atoms with van der Waals surface area (Å²) in [5.74, 6) is -0.0730. The van der Waals surface area contributed by atoms with Gasteiger partial charge in [0.1, 0.15) is 11.6 Å². The maximum Gasteiger partial charge on any atom is 0.200 e. The van der Waals surface area contributed by atoms with Crippen molar-refractivity contribution in [3.05, 3.63) is 64.5 Å². The van der Waals surface area contributed by atoms with Crippen LogP contribution < -0.4 is 4.74 Å². The van der Waals surface area contributed by atoms with E-state index in [-0.39, 0.29) is 18.2 Å². The predicted molar refractivity (Wildman–Crippen MR) is 76.9 cm³/mol. The molecule has 0 aliphatic carbocycles. The molecule has 0 amide bonds. The molecule has 0 bridgehead atoms. The number of rotatable bonds is 4. The highest BCUT2D eigenvalue weighted by Crippen LogP contribution is 2.17. The van der Waals surface area contributed by atoms with Crippen molar-refractivity contribution >= 4 is 5.78 Å². The Morgan fingerprint density at radius 3 is 2.45 bits per heavy atom. The van der Waals surface area contributed by atoms with Crippen molar-refractivity contribution in [1.29, 1.82) is 0 Å². The van der Waals surface area contributed by atoms with Crippen molar-refractivity contribution in [2.75, 3.05) is 6.61 Å². The summed E-state index contributed by atoms with van der Waals surface area (Å²) in [5.41, 5.74) is 3.23. The Morgan fingerprint density at radius 2 is 1.80 bits per heavy atom. The molecule has 3 heteroatoms. The fourth-order valence-corrected chi connectivity index (χ4v) is 2.02. The molecule has 0 saturated heterocycles. The molecule has 0 spiro atoms. The van der Waals surface area contributed by atoms with Crippen LogP contribution >= 0.6 is 0 Å². The zero-order valence-corrected chi connectivity index (χ0v) is 11.9. The van der Waals surface area contributed by atoms with Crippen LogP contribution in [0.4, 0.5) is 4.39 Å². The van der Waals surface area contributed by atoms with Crippen LogP contribution in [0.1, 0.15) is 27.0 Å². The van der Waals surface area contributed by atoms with E-state index in [1.54, 1.807) is 25.1 Å². The number of hydrogen-bond donors (Lipinski definition) is 0. The molecule has 0 atom stereocenters. The van der Waals surface area contributed by atoms with Crippen molar-refractivity contribution in [2.45, 2.75) is 20.8 Å². The Morgan fingerprint density at radius 1 is 1.05 bits per heavy atom. The van der Waals surface area contributed by atoms with Crippen molar-refractivity contribution < 1.29 is 13.9 Å². The lowest BCUT2D eigenvalue weighted by Gasteiger charge is -2.08. The maximum absolute atomic E-state index is 13.4. The summed E-state index contributed by atoms with van der Waals surface area (Å²) in [7, 11) is 0. The van der Waals surface area contributed by atoms with Gasteiger partial charge in [-0.25, -0.2) is 4.39 Å². The van der Waals surface area contributed by atoms with Crippen LogP contribution in [0.15, 0.2) is 36.4 Å². The number of ketones is 1. The summed E-state index contributed by atoms with van der Waals surface area (Å²) in [6, 6.07) is 10.2. The highest BCUT2D eigenvalue weighted by Gasteiger charge is 2.10. The lowest BCUT2D eigenvalue weighted by Crippen LogP contribution is -2.13. The van der Waals surface area contributed by atoms with E-state index in [1.165, 1.54) is 6.07 Å². The van der Waals surface area contributed by atoms with Gasteiger partial charge in [-0.05, 0) is 38.0 Å². The highest BCUT2D eigenvalue weighted by molar-refractivity contribution is 5.98. The van der Waals surface area contributed by atoms with E-state index in [2.05, 4.69) is 0 Å². The molecular weight excluding hydrogens is 255 g/mol. The smallest absolute Gasteiger partial charge is 0.200 e. The van der Waals surface area contributed by atoms with Gasteiger partial charge in [0.25, 0.3) is 0 Å². The van der Waals surface area contributed by atoms with Crippen molar-refractivity contribution in [2.24, 2.45) is 0 Å². The van der Waals surface area contributed by atoms with Gasteiger partial charge in [0.05, 0.1) is 0 Å². The van der Waals surface area contributed by atoms with Gasteiger partial charge >= 0.3 is 0 Å². The van der Waals surface area contributed by atoms with Crippen LogP contribution in [0.5, 0.6) is 5.75 Å². The minimum absolute atomic E-state index is 0.0909. The third-order valence-corrected chi connectivity index (χ3v) is 3.20. The number of ether oxygens (including phenoxy) is 1. The van der Waals surface area contributed by atoms with Gasteiger partial charge in [-0.15, -0.1) is 0 Å². The standard InChI is InChI=1S/C17H17FO2/c1-11-4-7-15(13(3)8-11)17(19)10-20-14-6-5-12(2)16(18)9-14/h4-9H,10H2,1-3H3. The minimum atomic E-state index is -0.332. The Kier molecular flexibility index (Phi) is 4.18. The Labute approximate surface area is 118 Å². The molecular formula is C17H17FO2. The molecule has 0 aliphatic rings. The van der Waals surface area contributed by atoms with Gasteiger partial charge in [-0.1, -0.05) is 29.8 Å². The molecule has 0 aromatic heterocycles. The van der Waals surface area contributed by atoms with Crippen molar-refractivity contribution in [3.63, 3.8) is 0 Å². The topological polar surface area (TPSA) is 26.3 Å². The third-order valence-electron chi connectivity index (χ3n) is 3.20. The summed E-state index contributed by atoms with van der Waals surface area (Å²) in [6.45, 7) is 5.46. The van der Waals surface area contributed by atoms with E-state index in [4.69, 9.17) is 4.74 Å². The molecule has 0 unspecified atom stereocenters. The highest BCUT2D eigenvalue weighted by atomic mass is 19.1. The second-order valence-corrected chi connectivity index (χ2v) is 4.94. The molecule has 2 rings (SSSR count). The summed E-state index contributed by atoms with van der Waals surface area (Å²) < 4.78 is 18.7. The van der Waals surface area contributed by atoms with E-state index in [0.29, 0.717) is 16.9 Å². The van der Waals surface area contributed by atoms with Crippen molar-refractivity contribution in [1.82, 2.24) is 0 Å². The van der Waals surface area contributed by atoms with E-state index in [0.717, 1.165) is 11.1 Å². The fourth-order valence-electron chi connectivity index (χ4n) is 2.02. The molecule has 2 nitrogen and oxygen atoms in total. The van der Waals surface area contributed by atoms with Crippen LogP contribution in [0.3, 0.4) is 0 Å². The van der Waals surface area contributed by atoms with Crippen molar-refractivity contribution in [3.8, 4) is 5.75 Å². The Bertz CT molecular complexity index is 647. The zero-order chi connectivity index (χ0) is 14.7. The van der Waals surface area contributed by atoms with Crippen LogP contribution in [0, 0.1) is 26.6 Å². The number of hydrogen-bond acceptors (Lipinski definition) is 2. The molecule has 2 aromatic carbocycles. The van der Waals surface area contributed by atoms with E-state index in [9.17, 15) is 9.18 Å². The second kappa shape index (κ2) is 5.87. The predicted octanol–water partition coefficient (Wildman–Crippen LogP) is 4.01. The molecule has 0 aliphatic heterocycles. The summed E-state index contributed by atoms with van der Waals surface area (Å²) in [6.07, 6.45) is 0. The monoisotopic (exact) mass is 272 g/mol. The molecule has 0 N–H and O–H groups in total. The first-order chi connectivity index (χ1) is 9.47. The molecule has 0 heterocycles. The van der Waals surface area contributed by atoms with Gasteiger partial charge in [0.15, 0.2) is 12.4 Å². The van der Waals surface area contributed by atoms with Gasteiger partial charge in [-0.3, -0.25) is 4.79 Å². The van der Waals surface area contributed by atoms with Gasteiger partial charge in [-0.2, -0.15) is 0 Å². The zero-order valence-electron chi connectivity index (χ0n) is 11.9. The Hall–Kier alpha value is -2.16. The summed E-state index contributed by atoms with van der Waals surface area (Å²) in [4.78, 5) is 12.1. The van der Waals surface area contributed by atoms with Gasteiger partial charge in [0, 0.05) is 11.6 Å². The number of benzene rings is 2. The first-order valence-corrected chi connectivity index (χ1v) is 6.47. The lowest BCUT2D eigenvalue weighted by molar-refractivity contribution is 0.0920. The third kappa shape index (κ3) is 3.23. The quantitative estimate of drug-likeness (QED) is 0.786. The molecule has 2 aromatic rings. The summed E-state index contributed by atoms with van der Waals surface area (Å²) >= 11 is 0. The fraction of sp³-hybridized carbons (Fsp3) is 0.235. The number of carbonyl (C=O) groups is 1. The maximum atomic E-state index is 13.4. The molecule has 0 fully saturated rings. The Balaban J connectivity index is 2.06. The number of Topliss-reactive ketones (excluding diaryl/α,β-unsaturated/α-hetero) is 1. The van der Waals surface area contributed by atoms with Crippen LogP contribution in [-0.2, 0) is 0 Å². The number of carbonyl (C=O) groups excluding carboxylic acids is 1. The van der Waals surface area contributed by atoms with E-state index in [1.807, 2.05) is 26.0 Å². The minimum Gasteiger partial charge on any atom is -0.485 e. The second-order valence-electron chi connectivity index (χ2n) is 4.94. The number of aryl methyl sites for hydroxylation is 3. The van der Waals surface area contributed by atoms with Crippen LogP contribution in [0.25, 0.3) is 0 Å². The average Bonchev–Trinajstić information content (AvgIpc) is 2.40.